The number of hydrogen-bond donors (Lipinski definition) is 3. The van der Waals surface area contributed by atoms with E-state index in [1.54, 1.807) is 24.4 Å². The maximum atomic E-state index is 13.0. The first-order valence-electron chi connectivity index (χ1n) is 7.96. The van der Waals surface area contributed by atoms with Gasteiger partial charge in [-0.3, -0.25) is 9.89 Å². The molecular weight excluding hydrogens is 383 g/mol. The smallest absolute Gasteiger partial charge is 0.330 e. The van der Waals surface area contributed by atoms with Crippen molar-refractivity contribution >= 4 is 34.1 Å². The monoisotopic (exact) mass is 397 g/mol. The maximum absolute atomic E-state index is 13.0. The SMILES string of the molecule is NCCC(C(=O)Nc1ccc2[nH]ncc2c1)c1cc(C(F)(F)F)cc(Cl)n1. The highest BCUT2D eigenvalue weighted by molar-refractivity contribution is 6.29. The third-order valence-electron chi connectivity index (χ3n) is 3.98. The highest BCUT2D eigenvalue weighted by atomic mass is 35.5. The number of anilines is 1. The third kappa shape index (κ3) is 4.37. The number of pyridine rings is 1. The van der Waals surface area contributed by atoms with Crippen LogP contribution in [0.4, 0.5) is 18.9 Å². The number of H-pyrrole nitrogens is 1. The molecule has 1 amide bonds. The van der Waals surface area contributed by atoms with Gasteiger partial charge in [-0.2, -0.15) is 18.3 Å². The number of aromatic amines is 1. The van der Waals surface area contributed by atoms with Gasteiger partial charge in [0.15, 0.2) is 0 Å². The molecule has 1 aromatic carbocycles. The number of hydrogen-bond acceptors (Lipinski definition) is 4. The lowest BCUT2D eigenvalue weighted by Crippen LogP contribution is -2.25. The molecule has 2 heterocycles. The number of aromatic nitrogens is 3. The average Bonchev–Trinajstić information content (AvgIpc) is 3.06. The molecule has 0 saturated heterocycles. The molecule has 10 heteroatoms. The van der Waals surface area contributed by atoms with Crippen LogP contribution in [0.25, 0.3) is 10.9 Å². The second-order valence-corrected chi connectivity index (χ2v) is 6.28. The minimum absolute atomic E-state index is 0.0813. The predicted octanol–water partition coefficient (Wildman–Crippen LogP) is 3.70. The number of benzene rings is 1. The Kier molecular flexibility index (Phi) is 5.33. The Labute approximate surface area is 156 Å². The van der Waals surface area contributed by atoms with Gasteiger partial charge in [-0.15, -0.1) is 0 Å². The van der Waals surface area contributed by atoms with E-state index in [1.807, 2.05) is 0 Å². The van der Waals surface area contributed by atoms with Crippen molar-refractivity contribution in [1.82, 2.24) is 15.2 Å². The van der Waals surface area contributed by atoms with Gasteiger partial charge in [0.05, 0.1) is 28.9 Å². The number of amides is 1. The summed E-state index contributed by atoms with van der Waals surface area (Å²) in [5.74, 6) is -1.50. The molecule has 27 heavy (non-hydrogen) atoms. The Balaban J connectivity index is 1.90. The molecule has 3 rings (SSSR count). The number of alkyl halides is 3. The lowest BCUT2D eigenvalue weighted by atomic mass is 9.98. The van der Waals surface area contributed by atoms with Crippen LogP contribution in [-0.2, 0) is 11.0 Å². The number of nitrogens with one attached hydrogen (secondary N) is 2. The number of rotatable bonds is 5. The van der Waals surface area contributed by atoms with E-state index in [1.165, 1.54) is 0 Å². The van der Waals surface area contributed by atoms with Crippen LogP contribution in [0.3, 0.4) is 0 Å². The average molecular weight is 398 g/mol. The predicted molar refractivity (Wildman–Crippen MR) is 95.4 cm³/mol. The summed E-state index contributed by atoms with van der Waals surface area (Å²) < 4.78 is 39.1. The Hall–Kier alpha value is -2.65. The summed E-state index contributed by atoms with van der Waals surface area (Å²) >= 11 is 5.73. The van der Waals surface area contributed by atoms with E-state index in [-0.39, 0.29) is 23.8 Å². The van der Waals surface area contributed by atoms with Gasteiger partial charge in [-0.25, -0.2) is 4.98 Å². The van der Waals surface area contributed by atoms with E-state index in [4.69, 9.17) is 17.3 Å². The summed E-state index contributed by atoms with van der Waals surface area (Å²) in [5, 5.41) is 9.80. The molecule has 0 saturated carbocycles. The molecule has 0 bridgehead atoms. The minimum Gasteiger partial charge on any atom is -0.330 e. The maximum Gasteiger partial charge on any atom is 0.416 e. The van der Waals surface area contributed by atoms with Gasteiger partial charge < -0.3 is 11.1 Å². The molecule has 0 aliphatic carbocycles. The van der Waals surface area contributed by atoms with E-state index in [0.29, 0.717) is 5.69 Å². The van der Waals surface area contributed by atoms with Crippen LogP contribution in [0.5, 0.6) is 0 Å². The molecule has 1 atom stereocenters. The van der Waals surface area contributed by atoms with Crippen molar-refractivity contribution in [3.05, 3.63) is 52.9 Å². The Bertz CT molecular complexity index is 973. The van der Waals surface area contributed by atoms with E-state index in [2.05, 4.69) is 20.5 Å². The number of nitrogens with two attached hydrogens (primary N) is 1. The van der Waals surface area contributed by atoms with Crippen molar-refractivity contribution in [3.63, 3.8) is 0 Å². The summed E-state index contributed by atoms with van der Waals surface area (Å²) in [6.07, 6.45) is -2.89. The number of nitrogens with zero attached hydrogens (tertiary/aromatic N) is 2. The number of carbonyl (C=O) groups excluding carboxylic acids is 1. The number of fused-ring (bicyclic) bond motifs is 1. The molecule has 0 aliphatic rings. The first-order valence-corrected chi connectivity index (χ1v) is 8.34. The van der Waals surface area contributed by atoms with Gasteiger partial charge >= 0.3 is 6.18 Å². The molecule has 4 N–H and O–H groups in total. The van der Waals surface area contributed by atoms with E-state index >= 15 is 0 Å². The fraction of sp³-hybridized carbons (Fsp3) is 0.235. The minimum atomic E-state index is -4.60. The van der Waals surface area contributed by atoms with Crippen molar-refractivity contribution in [2.45, 2.75) is 18.5 Å². The quantitative estimate of drug-likeness (QED) is 0.572. The van der Waals surface area contributed by atoms with Gasteiger partial charge in [0, 0.05) is 11.1 Å². The molecule has 6 nitrogen and oxygen atoms in total. The molecule has 1 unspecified atom stereocenters. The largest absolute Gasteiger partial charge is 0.416 e. The van der Waals surface area contributed by atoms with Crippen molar-refractivity contribution in [2.24, 2.45) is 5.73 Å². The highest BCUT2D eigenvalue weighted by Gasteiger charge is 2.33. The van der Waals surface area contributed by atoms with E-state index in [0.717, 1.165) is 23.0 Å². The molecule has 2 aromatic heterocycles. The number of carbonyl (C=O) groups is 1. The van der Waals surface area contributed by atoms with Gasteiger partial charge in [0.2, 0.25) is 5.91 Å². The van der Waals surface area contributed by atoms with Gasteiger partial charge in [0.25, 0.3) is 0 Å². The van der Waals surface area contributed by atoms with Gasteiger partial charge in [-0.1, -0.05) is 11.6 Å². The Morgan fingerprint density at radius 3 is 2.78 bits per heavy atom. The van der Waals surface area contributed by atoms with Crippen LogP contribution in [0.2, 0.25) is 5.15 Å². The fourth-order valence-electron chi connectivity index (χ4n) is 2.69. The Morgan fingerprint density at radius 2 is 2.07 bits per heavy atom. The first-order chi connectivity index (χ1) is 12.8. The van der Waals surface area contributed by atoms with E-state index < -0.39 is 23.6 Å². The zero-order chi connectivity index (χ0) is 19.6. The van der Waals surface area contributed by atoms with Crippen LogP contribution in [0, 0.1) is 0 Å². The molecule has 0 aliphatic heterocycles. The molecule has 3 aromatic rings. The standard InChI is InChI=1S/C17H15ClF3N5O/c18-15-7-10(17(19,20)21)6-14(25-15)12(3-4-22)16(27)24-11-1-2-13-9(5-11)8-23-26-13/h1-2,5-8,12H,3-4,22H2,(H,23,26)(H,24,27). The summed E-state index contributed by atoms with van der Waals surface area (Å²) in [6, 6.07) is 6.63. The summed E-state index contributed by atoms with van der Waals surface area (Å²) in [4.78, 5) is 16.6. The summed E-state index contributed by atoms with van der Waals surface area (Å²) in [5.41, 5.74) is 5.77. The topological polar surface area (TPSA) is 96.7 Å². The second-order valence-electron chi connectivity index (χ2n) is 5.89. The molecule has 0 radical (unpaired) electrons. The molecular formula is C17H15ClF3N5O. The van der Waals surface area contributed by atoms with Gasteiger partial charge in [0.1, 0.15) is 5.15 Å². The van der Waals surface area contributed by atoms with Crippen molar-refractivity contribution in [3.8, 4) is 0 Å². The fourth-order valence-corrected chi connectivity index (χ4v) is 2.90. The van der Waals surface area contributed by atoms with Crippen LogP contribution in [-0.4, -0.2) is 27.6 Å². The highest BCUT2D eigenvalue weighted by Crippen LogP contribution is 2.33. The normalized spacial score (nSPS) is 12.9. The third-order valence-corrected chi connectivity index (χ3v) is 4.17. The van der Waals surface area contributed by atoms with Crippen LogP contribution >= 0.6 is 11.6 Å². The molecule has 142 valence electrons. The summed E-state index contributed by atoms with van der Waals surface area (Å²) in [6.45, 7) is 0.0917. The summed E-state index contributed by atoms with van der Waals surface area (Å²) in [7, 11) is 0. The van der Waals surface area contributed by atoms with E-state index in [9.17, 15) is 18.0 Å². The lowest BCUT2D eigenvalue weighted by molar-refractivity contribution is -0.137. The molecule has 0 spiro atoms. The first kappa shape index (κ1) is 19.1. The number of halogens is 4. The van der Waals surface area contributed by atoms with Crippen LogP contribution in [0.1, 0.15) is 23.6 Å². The second kappa shape index (κ2) is 7.53. The van der Waals surface area contributed by atoms with Gasteiger partial charge in [-0.05, 0) is 43.3 Å². The van der Waals surface area contributed by atoms with Crippen molar-refractivity contribution in [1.29, 1.82) is 0 Å². The van der Waals surface area contributed by atoms with Crippen LogP contribution in [0.15, 0.2) is 36.5 Å². The van der Waals surface area contributed by atoms with Crippen molar-refractivity contribution in [2.75, 3.05) is 11.9 Å². The van der Waals surface area contributed by atoms with Crippen molar-refractivity contribution < 1.29 is 18.0 Å². The zero-order valence-electron chi connectivity index (χ0n) is 13.8. The van der Waals surface area contributed by atoms with Crippen LogP contribution < -0.4 is 11.1 Å². The Morgan fingerprint density at radius 1 is 1.30 bits per heavy atom. The molecule has 0 fully saturated rings. The zero-order valence-corrected chi connectivity index (χ0v) is 14.6. The lowest BCUT2D eigenvalue weighted by Gasteiger charge is -2.17.